The normalized spacial score (nSPS) is 12.2. The molecule has 0 aliphatic rings. The van der Waals surface area contributed by atoms with Gasteiger partial charge < -0.3 is 5.32 Å². The van der Waals surface area contributed by atoms with Crippen molar-refractivity contribution in [3.63, 3.8) is 0 Å². The first-order chi connectivity index (χ1) is 13.6. The van der Waals surface area contributed by atoms with Crippen LogP contribution < -0.4 is 5.32 Å². The lowest BCUT2D eigenvalue weighted by Crippen LogP contribution is -2.24. The summed E-state index contributed by atoms with van der Waals surface area (Å²) < 4.78 is 29.6. The Morgan fingerprint density at radius 3 is 2.24 bits per heavy atom. The van der Waals surface area contributed by atoms with E-state index in [-0.39, 0.29) is 22.0 Å². The number of carbonyl (C=O) groups excluding carboxylic acids is 1. The number of halogens is 2. The molecule has 0 fully saturated rings. The highest BCUT2D eigenvalue weighted by atomic mass is 32.2. The van der Waals surface area contributed by atoms with Crippen molar-refractivity contribution >= 4 is 23.4 Å². The Bertz CT molecular complexity index is 631. The van der Waals surface area contributed by atoms with E-state index >= 15 is 0 Å². The van der Waals surface area contributed by atoms with Crippen molar-refractivity contribution in [2.45, 2.75) is 103 Å². The Labute approximate surface area is 180 Å². The summed E-state index contributed by atoms with van der Waals surface area (Å²) in [6.45, 7) is 9.80. The molecule has 5 heteroatoms. The van der Waals surface area contributed by atoms with Gasteiger partial charge in [0, 0.05) is 22.4 Å². The number of nitrogens with one attached hydrogen (secondary N) is 1. The second kappa shape index (κ2) is 12.6. The lowest BCUT2D eigenvalue weighted by atomic mass is 10.0. The third kappa shape index (κ3) is 9.97. The molecule has 0 radical (unpaired) electrons. The van der Waals surface area contributed by atoms with E-state index in [0.29, 0.717) is 17.7 Å². The average Bonchev–Trinajstić information content (AvgIpc) is 2.65. The average molecular weight is 428 g/mol. The molecule has 2 nitrogen and oxygen atoms in total. The third-order valence-corrected chi connectivity index (χ3v) is 6.74. The third-order valence-electron chi connectivity index (χ3n) is 5.25. The van der Waals surface area contributed by atoms with Crippen LogP contribution in [0.1, 0.15) is 96.6 Å². The predicted octanol–water partition coefficient (Wildman–Crippen LogP) is 8.09. The maximum atomic E-state index is 14.9. The van der Waals surface area contributed by atoms with Crippen LogP contribution in [0.4, 0.5) is 14.5 Å². The summed E-state index contributed by atoms with van der Waals surface area (Å²) in [5.41, 5.74) is 1.13. The molecular weight excluding hydrogens is 388 g/mol. The molecule has 0 spiro atoms. The fraction of sp³-hybridized carbons (Fsp3) is 0.708. The van der Waals surface area contributed by atoms with E-state index in [0.717, 1.165) is 12.8 Å². The highest BCUT2D eigenvalue weighted by Crippen LogP contribution is 2.40. The van der Waals surface area contributed by atoms with E-state index < -0.39 is 5.92 Å². The monoisotopic (exact) mass is 427 g/mol. The van der Waals surface area contributed by atoms with Gasteiger partial charge in [0.1, 0.15) is 0 Å². The minimum atomic E-state index is -2.89. The largest absolute Gasteiger partial charge is 0.326 e. The van der Waals surface area contributed by atoms with Gasteiger partial charge in [-0.25, -0.2) is 8.78 Å². The van der Waals surface area contributed by atoms with Gasteiger partial charge in [-0.05, 0) is 31.0 Å². The lowest BCUT2D eigenvalue weighted by molar-refractivity contribution is -0.115. The minimum Gasteiger partial charge on any atom is -0.326 e. The van der Waals surface area contributed by atoms with Crippen molar-refractivity contribution in [3.8, 4) is 0 Å². The highest BCUT2D eigenvalue weighted by Gasteiger charge is 2.35. The van der Waals surface area contributed by atoms with E-state index in [4.69, 9.17) is 0 Å². The molecule has 0 aliphatic carbocycles. The van der Waals surface area contributed by atoms with Crippen molar-refractivity contribution in [1.82, 2.24) is 0 Å². The summed E-state index contributed by atoms with van der Waals surface area (Å²) >= 11 is 1.36. The molecule has 0 aliphatic heterocycles. The maximum absolute atomic E-state index is 14.9. The van der Waals surface area contributed by atoms with Crippen LogP contribution in [-0.4, -0.2) is 16.4 Å². The summed E-state index contributed by atoms with van der Waals surface area (Å²) in [7, 11) is 0. The highest BCUT2D eigenvalue weighted by molar-refractivity contribution is 8.00. The molecule has 0 bridgehead atoms. The molecule has 1 N–H and O–H groups in total. The quantitative estimate of drug-likeness (QED) is 0.304. The van der Waals surface area contributed by atoms with E-state index in [9.17, 15) is 13.6 Å². The molecule has 1 rings (SSSR count). The molecule has 29 heavy (non-hydrogen) atoms. The number of alkyl halides is 2. The topological polar surface area (TPSA) is 29.1 Å². The van der Waals surface area contributed by atoms with Crippen molar-refractivity contribution in [2.24, 2.45) is 0 Å². The number of unbranched alkanes of at least 4 members (excludes halogenated alkanes) is 6. The van der Waals surface area contributed by atoms with Gasteiger partial charge >= 0.3 is 0 Å². The zero-order valence-corrected chi connectivity index (χ0v) is 19.7. The summed E-state index contributed by atoms with van der Waals surface area (Å²) in [6, 6.07) is 4.65. The van der Waals surface area contributed by atoms with Gasteiger partial charge in [0.05, 0.1) is 5.75 Å². The van der Waals surface area contributed by atoms with Crippen molar-refractivity contribution < 1.29 is 13.6 Å². The molecule has 1 aromatic carbocycles. The molecule has 0 heterocycles. The molecule has 0 atom stereocenters. The number of rotatable bonds is 14. The van der Waals surface area contributed by atoms with E-state index in [2.05, 4.69) is 26.1 Å². The van der Waals surface area contributed by atoms with Gasteiger partial charge in [0.2, 0.25) is 5.91 Å². The molecule has 0 aromatic heterocycles. The number of hydrogen-bond donors (Lipinski definition) is 1. The van der Waals surface area contributed by atoms with Crippen LogP contribution in [0.25, 0.3) is 0 Å². The number of carbonyl (C=O) groups is 1. The van der Waals surface area contributed by atoms with E-state index in [1.165, 1.54) is 56.4 Å². The number of benzene rings is 1. The lowest BCUT2D eigenvalue weighted by Gasteiger charge is -2.28. The SMILES string of the molecule is CCCCCCCCCC(C)(C)SCC(F)(F)c1ccc(NC(=O)CC)cc1C. The molecule has 1 amide bonds. The van der Waals surface area contributed by atoms with E-state index in [1.807, 2.05) is 0 Å². The Morgan fingerprint density at radius 2 is 1.66 bits per heavy atom. The fourth-order valence-electron chi connectivity index (χ4n) is 3.34. The molecule has 1 aromatic rings. The Kier molecular flexibility index (Phi) is 11.2. The standard InChI is InChI=1S/C24H39F2NOS/c1-6-8-9-10-11-12-13-16-23(4,5)29-18-24(25,26)21-15-14-20(17-19(21)3)27-22(28)7-2/h14-15,17H,6-13,16,18H2,1-5H3,(H,27,28). The van der Waals surface area contributed by atoms with Crippen LogP contribution >= 0.6 is 11.8 Å². The van der Waals surface area contributed by atoms with Gasteiger partial charge in [0.25, 0.3) is 5.92 Å². The van der Waals surface area contributed by atoms with Crippen LogP contribution in [0.3, 0.4) is 0 Å². The van der Waals surface area contributed by atoms with Crippen LogP contribution in [0, 0.1) is 6.92 Å². The Hall–Kier alpha value is -1.10. The number of amides is 1. The van der Waals surface area contributed by atoms with E-state index in [1.54, 1.807) is 26.0 Å². The smallest absolute Gasteiger partial charge is 0.282 e. The van der Waals surface area contributed by atoms with Gasteiger partial charge in [-0.3, -0.25) is 4.79 Å². The summed E-state index contributed by atoms with van der Waals surface area (Å²) in [6.07, 6.45) is 10.0. The Balaban J connectivity index is 2.53. The Morgan fingerprint density at radius 1 is 1.03 bits per heavy atom. The number of hydrogen-bond acceptors (Lipinski definition) is 2. The van der Waals surface area contributed by atoms with Crippen LogP contribution in [-0.2, 0) is 10.7 Å². The van der Waals surface area contributed by atoms with Crippen LogP contribution in [0.2, 0.25) is 0 Å². The number of thioether (sulfide) groups is 1. The van der Waals surface area contributed by atoms with Gasteiger partial charge in [-0.1, -0.05) is 78.7 Å². The second-order valence-electron chi connectivity index (χ2n) is 8.56. The minimum absolute atomic E-state index is 0.0474. The summed E-state index contributed by atoms with van der Waals surface area (Å²) in [4.78, 5) is 11.5. The molecule has 0 unspecified atom stereocenters. The zero-order valence-electron chi connectivity index (χ0n) is 18.9. The van der Waals surface area contributed by atoms with Crippen molar-refractivity contribution in [1.29, 1.82) is 0 Å². The molecule has 166 valence electrons. The maximum Gasteiger partial charge on any atom is 0.282 e. The number of anilines is 1. The summed E-state index contributed by atoms with van der Waals surface area (Å²) in [5, 5.41) is 2.72. The fourth-order valence-corrected chi connectivity index (χ4v) is 4.36. The van der Waals surface area contributed by atoms with Gasteiger partial charge in [0.15, 0.2) is 0 Å². The first-order valence-electron chi connectivity index (χ1n) is 11.0. The van der Waals surface area contributed by atoms with Crippen molar-refractivity contribution in [2.75, 3.05) is 11.1 Å². The number of aryl methyl sites for hydroxylation is 1. The molecule has 0 saturated carbocycles. The van der Waals surface area contributed by atoms with Gasteiger partial charge in [-0.15, -0.1) is 11.8 Å². The zero-order chi connectivity index (χ0) is 21.9. The van der Waals surface area contributed by atoms with Gasteiger partial charge in [-0.2, -0.15) is 0 Å². The first kappa shape index (κ1) is 25.9. The van der Waals surface area contributed by atoms with Crippen LogP contribution in [0.15, 0.2) is 18.2 Å². The second-order valence-corrected chi connectivity index (χ2v) is 10.2. The molecular formula is C24H39F2NOS. The van der Waals surface area contributed by atoms with Crippen molar-refractivity contribution in [3.05, 3.63) is 29.3 Å². The molecule has 0 saturated heterocycles. The predicted molar refractivity (Wildman–Crippen MR) is 123 cm³/mol. The van der Waals surface area contributed by atoms with Crippen LogP contribution in [0.5, 0.6) is 0 Å². The first-order valence-corrected chi connectivity index (χ1v) is 12.0. The summed E-state index contributed by atoms with van der Waals surface area (Å²) in [5.74, 6) is -3.23.